The molecule has 0 atom stereocenters. The summed E-state index contributed by atoms with van der Waals surface area (Å²) in [6, 6.07) is 14.7. The third-order valence-electron chi connectivity index (χ3n) is 3.08. The Bertz CT molecular complexity index is 555. The van der Waals surface area contributed by atoms with Crippen molar-refractivity contribution in [2.45, 2.75) is 19.8 Å². The van der Waals surface area contributed by atoms with Gasteiger partial charge in [0, 0.05) is 5.02 Å². The summed E-state index contributed by atoms with van der Waals surface area (Å²) in [6.45, 7) is 5.85. The number of aryl methyl sites for hydroxylation is 3. The van der Waals surface area contributed by atoms with Gasteiger partial charge in [-0.25, -0.2) is 0 Å². The molecule has 2 rings (SSSR count). The van der Waals surface area contributed by atoms with Gasteiger partial charge in [0.2, 0.25) is 0 Å². The second-order valence-electron chi connectivity index (χ2n) is 4.54. The van der Waals surface area contributed by atoms with Crippen LogP contribution in [0.3, 0.4) is 0 Å². The largest absolute Gasteiger partial charge is 0.0985 e. The fourth-order valence-electron chi connectivity index (χ4n) is 2.01. The van der Waals surface area contributed by atoms with Crippen LogP contribution in [0.15, 0.2) is 49.0 Å². The van der Waals surface area contributed by atoms with Crippen molar-refractivity contribution in [1.29, 1.82) is 0 Å². The number of rotatable bonds is 4. The molecule has 0 aliphatic heterocycles. The summed E-state index contributed by atoms with van der Waals surface area (Å²) in [5, 5.41) is 0.870. The average Bonchev–Trinajstić information content (AvgIpc) is 2.38. The molecule has 0 saturated carbocycles. The molecule has 0 nitrogen and oxygen atoms in total. The lowest BCUT2D eigenvalue weighted by Crippen LogP contribution is -1.93. The van der Waals surface area contributed by atoms with Crippen LogP contribution >= 0.6 is 11.6 Å². The number of hydrogen-bond donors (Lipinski definition) is 0. The van der Waals surface area contributed by atoms with Gasteiger partial charge in [-0.1, -0.05) is 60.7 Å². The van der Waals surface area contributed by atoms with Gasteiger partial charge in [0.15, 0.2) is 0 Å². The Kier molecular flexibility index (Phi) is 4.22. The van der Waals surface area contributed by atoms with Crippen LogP contribution in [0.1, 0.15) is 22.3 Å². The van der Waals surface area contributed by atoms with Gasteiger partial charge in [0.05, 0.1) is 0 Å². The molecule has 0 bridgehead atoms. The van der Waals surface area contributed by atoms with Gasteiger partial charge < -0.3 is 0 Å². The highest BCUT2D eigenvalue weighted by Gasteiger charge is 2.01. The molecule has 2 aromatic carbocycles. The Morgan fingerprint density at radius 1 is 1.11 bits per heavy atom. The van der Waals surface area contributed by atoms with Gasteiger partial charge in [0.25, 0.3) is 0 Å². The molecule has 0 heterocycles. The highest BCUT2D eigenvalue weighted by atomic mass is 35.5. The van der Waals surface area contributed by atoms with E-state index in [0.29, 0.717) is 0 Å². The van der Waals surface area contributed by atoms with E-state index in [4.69, 9.17) is 11.6 Å². The molecule has 18 heavy (non-hydrogen) atoms. The first-order valence-electron chi connectivity index (χ1n) is 6.15. The standard InChI is InChI=1S/C17H17Cl/c1-3-14-5-4-6-15(12-14)8-10-16-9-7-13(2)11-17(16)18/h3-7,9,11-12H,1,8,10H2,2H3. The van der Waals surface area contributed by atoms with Crippen molar-refractivity contribution in [3.8, 4) is 0 Å². The Labute approximate surface area is 114 Å². The zero-order chi connectivity index (χ0) is 13.0. The van der Waals surface area contributed by atoms with Crippen LogP contribution in [0.5, 0.6) is 0 Å². The van der Waals surface area contributed by atoms with Gasteiger partial charge in [-0.05, 0) is 48.1 Å². The van der Waals surface area contributed by atoms with Crippen LogP contribution in [0.2, 0.25) is 5.02 Å². The molecular weight excluding hydrogens is 240 g/mol. The van der Waals surface area contributed by atoms with E-state index in [0.717, 1.165) is 17.9 Å². The smallest absolute Gasteiger partial charge is 0.0440 e. The minimum atomic E-state index is 0.870. The van der Waals surface area contributed by atoms with E-state index in [2.05, 4.69) is 49.9 Å². The summed E-state index contributed by atoms with van der Waals surface area (Å²) in [5.41, 5.74) is 4.91. The minimum Gasteiger partial charge on any atom is -0.0985 e. The van der Waals surface area contributed by atoms with E-state index in [1.54, 1.807) is 0 Å². The summed E-state index contributed by atoms with van der Waals surface area (Å²) in [6.07, 6.45) is 3.85. The Balaban J connectivity index is 2.08. The molecule has 0 N–H and O–H groups in total. The molecule has 92 valence electrons. The summed E-state index contributed by atoms with van der Waals surface area (Å²) < 4.78 is 0. The van der Waals surface area contributed by atoms with Gasteiger partial charge in [-0.3, -0.25) is 0 Å². The second-order valence-corrected chi connectivity index (χ2v) is 4.95. The molecule has 1 heteroatoms. The lowest BCUT2D eigenvalue weighted by Gasteiger charge is -2.06. The van der Waals surface area contributed by atoms with Gasteiger partial charge >= 0.3 is 0 Å². The monoisotopic (exact) mass is 256 g/mol. The van der Waals surface area contributed by atoms with Crippen LogP contribution in [-0.4, -0.2) is 0 Å². The summed E-state index contributed by atoms with van der Waals surface area (Å²) in [7, 11) is 0. The SMILES string of the molecule is C=Cc1cccc(CCc2ccc(C)cc2Cl)c1. The highest BCUT2D eigenvalue weighted by Crippen LogP contribution is 2.19. The summed E-state index contributed by atoms with van der Waals surface area (Å²) in [5.74, 6) is 0. The van der Waals surface area contributed by atoms with E-state index in [1.165, 1.54) is 22.3 Å². The zero-order valence-electron chi connectivity index (χ0n) is 10.6. The number of benzene rings is 2. The third-order valence-corrected chi connectivity index (χ3v) is 3.43. The summed E-state index contributed by atoms with van der Waals surface area (Å²) >= 11 is 6.24. The molecule has 0 fully saturated rings. The molecule has 0 aromatic heterocycles. The van der Waals surface area contributed by atoms with E-state index in [9.17, 15) is 0 Å². The maximum Gasteiger partial charge on any atom is 0.0440 e. The van der Waals surface area contributed by atoms with Crippen LogP contribution in [0.4, 0.5) is 0 Å². The van der Waals surface area contributed by atoms with Crippen LogP contribution in [0, 0.1) is 6.92 Å². The van der Waals surface area contributed by atoms with E-state index < -0.39 is 0 Å². The molecule has 2 aromatic rings. The molecule has 0 saturated heterocycles. The molecule has 0 spiro atoms. The van der Waals surface area contributed by atoms with Crippen molar-refractivity contribution in [3.05, 3.63) is 76.3 Å². The van der Waals surface area contributed by atoms with Crippen molar-refractivity contribution in [2.24, 2.45) is 0 Å². The van der Waals surface area contributed by atoms with Crippen molar-refractivity contribution in [2.75, 3.05) is 0 Å². The minimum absolute atomic E-state index is 0.870. The Hall–Kier alpha value is -1.53. The summed E-state index contributed by atoms with van der Waals surface area (Å²) in [4.78, 5) is 0. The third kappa shape index (κ3) is 3.24. The fraction of sp³-hybridized carbons (Fsp3) is 0.176. The van der Waals surface area contributed by atoms with Crippen molar-refractivity contribution in [3.63, 3.8) is 0 Å². The van der Waals surface area contributed by atoms with Gasteiger partial charge in [-0.2, -0.15) is 0 Å². The number of hydrogen-bond acceptors (Lipinski definition) is 0. The number of halogens is 1. The molecule has 0 aliphatic carbocycles. The molecule has 0 radical (unpaired) electrons. The van der Waals surface area contributed by atoms with E-state index in [-0.39, 0.29) is 0 Å². The first-order valence-corrected chi connectivity index (χ1v) is 6.53. The van der Waals surface area contributed by atoms with E-state index in [1.807, 2.05) is 12.1 Å². The van der Waals surface area contributed by atoms with Crippen LogP contribution < -0.4 is 0 Å². The van der Waals surface area contributed by atoms with Crippen molar-refractivity contribution in [1.82, 2.24) is 0 Å². The first-order chi connectivity index (χ1) is 8.69. The highest BCUT2D eigenvalue weighted by molar-refractivity contribution is 6.31. The lowest BCUT2D eigenvalue weighted by molar-refractivity contribution is 0.959. The fourth-order valence-corrected chi connectivity index (χ4v) is 2.34. The van der Waals surface area contributed by atoms with E-state index >= 15 is 0 Å². The maximum absolute atomic E-state index is 6.24. The van der Waals surface area contributed by atoms with Crippen LogP contribution in [0.25, 0.3) is 6.08 Å². The average molecular weight is 257 g/mol. The predicted molar refractivity (Wildman–Crippen MR) is 80.1 cm³/mol. The van der Waals surface area contributed by atoms with Gasteiger partial charge in [-0.15, -0.1) is 0 Å². The quantitative estimate of drug-likeness (QED) is 0.716. The first kappa shape index (κ1) is 12.9. The van der Waals surface area contributed by atoms with Crippen molar-refractivity contribution < 1.29 is 0 Å². The van der Waals surface area contributed by atoms with Crippen molar-refractivity contribution >= 4 is 17.7 Å². The predicted octanol–water partition coefficient (Wildman–Crippen LogP) is 5.08. The molecular formula is C17H17Cl. The second kappa shape index (κ2) is 5.88. The topological polar surface area (TPSA) is 0 Å². The lowest BCUT2D eigenvalue weighted by atomic mass is 10.0. The molecule has 0 unspecified atom stereocenters. The molecule has 0 amide bonds. The van der Waals surface area contributed by atoms with Crippen LogP contribution in [-0.2, 0) is 12.8 Å². The Morgan fingerprint density at radius 3 is 2.67 bits per heavy atom. The molecule has 0 aliphatic rings. The Morgan fingerprint density at radius 2 is 1.94 bits per heavy atom. The normalized spacial score (nSPS) is 10.3. The zero-order valence-corrected chi connectivity index (χ0v) is 11.4. The van der Waals surface area contributed by atoms with Gasteiger partial charge in [0.1, 0.15) is 0 Å². The maximum atomic E-state index is 6.24.